The lowest BCUT2D eigenvalue weighted by atomic mass is 9.68. The van der Waals surface area contributed by atoms with E-state index in [1.165, 1.54) is 0 Å². The fourth-order valence-electron chi connectivity index (χ4n) is 4.63. The molecule has 5 nitrogen and oxygen atoms in total. The van der Waals surface area contributed by atoms with Crippen LogP contribution in [0.15, 0.2) is 65.0 Å². The average Bonchev–Trinajstić information content (AvgIpc) is 2.66. The summed E-state index contributed by atoms with van der Waals surface area (Å²) in [4.78, 5) is 31.2. The van der Waals surface area contributed by atoms with Crippen molar-refractivity contribution in [3.05, 3.63) is 81.8 Å². The highest BCUT2D eigenvalue weighted by molar-refractivity contribution is 6.09. The van der Waals surface area contributed by atoms with Gasteiger partial charge in [-0.1, -0.05) is 49.7 Å². The molecule has 1 aromatic carbocycles. The molecule has 1 aliphatic heterocycles. The molecular weight excluding hydrogens is 386 g/mol. The number of aryl methyl sites for hydroxylation is 2. The van der Waals surface area contributed by atoms with Gasteiger partial charge in [-0.15, -0.1) is 0 Å². The second-order valence-corrected chi connectivity index (χ2v) is 9.46. The number of Topliss-reactive ketones (excluding diaryl/α,β-unsaturated/α-hetero) is 1. The number of dihydropyridines is 1. The number of aromatic nitrogens is 1. The van der Waals surface area contributed by atoms with E-state index in [0.29, 0.717) is 17.8 Å². The van der Waals surface area contributed by atoms with Crippen LogP contribution in [0.4, 0.5) is 5.82 Å². The molecule has 5 heteroatoms. The van der Waals surface area contributed by atoms with Gasteiger partial charge in [-0.25, -0.2) is 4.98 Å². The summed E-state index contributed by atoms with van der Waals surface area (Å²) in [6, 6.07) is 13.6. The zero-order valence-electron chi connectivity index (χ0n) is 18.8. The maximum atomic E-state index is 13.5. The van der Waals surface area contributed by atoms with E-state index < -0.39 is 5.92 Å². The van der Waals surface area contributed by atoms with Crippen LogP contribution < -0.4 is 10.6 Å². The Morgan fingerprint density at radius 3 is 2.45 bits per heavy atom. The lowest BCUT2D eigenvalue weighted by Gasteiger charge is -2.39. The smallest absolute Gasteiger partial charge is 0.255 e. The zero-order valence-corrected chi connectivity index (χ0v) is 18.8. The van der Waals surface area contributed by atoms with Crippen molar-refractivity contribution in [2.24, 2.45) is 5.41 Å². The number of anilines is 1. The number of hydrogen-bond donors (Lipinski definition) is 2. The van der Waals surface area contributed by atoms with Crippen molar-refractivity contribution < 1.29 is 9.59 Å². The first-order valence-corrected chi connectivity index (χ1v) is 10.7. The number of benzene rings is 1. The molecule has 31 heavy (non-hydrogen) atoms. The second-order valence-electron chi connectivity index (χ2n) is 9.46. The van der Waals surface area contributed by atoms with Gasteiger partial charge in [0.15, 0.2) is 5.78 Å². The van der Waals surface area contributed by atoms with Crippen LogP contribution in [-0.2, 0) is 9.59 Å². The minimum atomic E-state index is -0.398. The number of ketones is 1. The molecule has 0 saturated carbocycles. The molecule has 160 valence electrons. The largest absolute Gasteiger partial charge is 0.362 e. The van der Waals surface area contributed by atoms with E-state index in [9.17, 15) is 9.59 Å². The van der Waals surface area contributed by atoms with E-state index in [4.69, 9.17) is 0 Å². The molecule has 1 atom stereocenters. The Morgan fingerprint density at radius 1 is 1.06 bits per heavy atom. The van der Waals surface area contributed by atoms with Crippen LogP contribution >= 0.6 is 0 Å². The number of nitrogens with zero attached hydrogens (tertiary/aromatic N) is 1. The van der Waals surface area contributed by atoms with Crippen LogP contribution in [-0.4, -0.2) is 16.7 Å². The molecule has 1 aliphatic carbocycles. The Labute approximate surface area is 183 Å². The fourth-order valence-corrected chi connectivity index (χ4v) is 4.63. The maximum Gasteiger partial charge on any atom is 0.255 e. The van der Waals surface area contributed by atoms with Crippen LogP contribution in [0.2, 0.25) is 0 Å². The van der Waals surface area contributed by atoms with Crippen molar-refractivity contribution in [3.8, 4) is 0 Å². The van der Waals surface area contributed by atoms with Crippen molar-refractivity contribution in [1.82, 2.24) is 10.3 Å². The molecule has 0 radical (unpaired) electrons. The highest BCUT2D eigenvalue weighted by Gasteiger charge is 2.42. The third-order valence-electron chi connectivity index (χ3n) is 6.02. The van der Waals surface area contributed by atoms with Gasteiger partial charge < -0.3 is 10.6 Å². The van der Waals surface area contributed by atoms with Gasteiger partial charge in [-0.3, -0.25) is 9.59 Å². The molecule has 2 aromatic rings. The predicted octanol–water partition coefficient (Wildman–Crippen LogP) is 4.94. The molecule has 4 rings (SSSR count). The molecule has 1 aromatic heterocycles. The number of amides is 1. The number of hydrogen-bond acceptors (Lipinski definition) is 4. The third-order valence-corrected chi connectivity index (χ3v) is 6.02. The molecule has 1 amide bonds. The van der Waals surface area contributed by atoms with Gasteiger partial charge in [0.05, 0.1) is 0 Å². The summed E-state index contributed by atoms with van der Waals surface area (Å²) < 4.78 is 0. The van der Waals surface area contributed by atoms with Gasteiger partial charge in [-0.2, -0.15) is 0 Å². The Hall–Kier alpha value is -3.21. The lowest BCUT2D eigenvalue weighted by Crippen LogP contribution is -2.39. The molecule has 0 unspecified atom stereocenters. The minimum absolute atomic E-state index is 0.105. The summed E-state index contributed by atoms with van der Waals surface area (Å²) in [6.07, 6.45) is 1.26. The number of carbonyl (C=O) groups is 2. The Morgan fingerprint density at radius 2 is 1.77 bits per heavy atom. The zero-order chi connectivity index (χ0) is 22.3. The first-order valence-electron chi connectivity index (χ1n) is 10.7. The van der Waals surface area contributed by atoms with E-state index >= 15 is 0 Å². The molecule has 2 N–H and O–H groups in total. The van der Waals surface area contributed by atoms with E-state index in [0.717, 1.165) is 40.2 Å². The molecule has 2 aliphatic rings. The van der Waals surface area contributed by atoms with Crippen LogP contribution in [0.1, 0.15) is 56.4 Å². The van der Waals surface area contributed by atoms with Crippen molar-refractivity contribution in [3.63, 3.8) is 0 Å². The fraction of sp³-hybridized carbons (Fsp3) is 0.346. The quantitative estimate of drug-likeness (QED) is 0.745. The molecule has 0 fully saturated rings. The monoisotopic (exact) mass is 415 g/mol. The Kier molecular flexibility index (Phi) is 5.29. The minimum Gasteiger partial charge on any atom is -0.362 e. The normalized spacial score (nSPS) is 20.3. The summed E-state index contributed by atoms with van der Waals surface area (Å²) in [5, 5.41) is 6.34. The summed E-state index contributed by atoms with van der Waals surface area (Å²) in [6.45, 7) is 10.1. The van der Waals surface area contributed by atoms with Crippen LogP contribution in [0.5, 0.6) is 0 Å². The van der Waals surface area contributed by atoms with E-state index in [2.05, 4.69) is 29.5 Å². The second kappa shape index (κ2) is 7.80. The highest BCUT2D eigenvalue weighted by Crippen LogP contribution is 2.46. The molecule has 2 heterocycles. The number of rotatable bonds is 3. The summed E-state index contributed by atoms with van der Waals surface area (Å²) in [5.41, 5.74) is 5.82. The first kappa shape index (κ1) is 21.0. The Bertz CT molecular complexity index is 1120. The molecule has 0 spiro atoms. The lowest BCUT2D eigenvalue weighted by molar-refractivity contribution is -0.118. The standard InChI is InChI=1S/C26H29N3O2/c1-15-9-11-18(12-10-15)23-22(25(31)29-21-8-6-7-16(2)27-21)17(3)28-19-13-26(4,5)14-20(30)24(19)23/h6-12,23,28H,13-14H2,1-5H3,(H,27,29,31)/t23-/m0/s1. The SMILES string of the molecule is CC1=C(C(=O)Nc2cccc(C)n2)[C@H](c2ccc(C)cc2)C2=C(CC(C)(C)CC2=O)N1. The third kappa shape index (κ3) is 4.18. The molecule has 0 saturated heterocycles. The van der Waals surface area contributed by atoms with Gasteiger partial charge in [0.1, 0.15) is 5.82 Å². The highest BCUT2D eigenvalue weighted by atomic mass is 16.2. The summed E-state index contributed by atoms with van der Waals surface area (Å²) >= 11 is 0. The van der Waals surface area contributed by atoms with Crippen LogP contribution in [0.25, 0.3) is 0 Å². The number of carbonyl (C=O) groups excluding carboxylic acids is 2. The van der Waals surface area contributed by atoms with Gasteiger partial charge in [0.25, 0.3) is 5.91 Å². The average molecular weight is 416 g/mol. The van der Waals surface area contributed by atoms with Crippen molar-refractivity contribution in [1.29, 1.82) is 0 Å². The van der Waals surface area contributed by atoms with Gasteiger partial charge in [0, 0.05) is 40.6 Å². The van der Waals surface area contributed by atoms with Gasteiger partial charge in [0.2, 0.25) is 0 Å². The van der Waals surface area contributed by atoms with E-state index in [-0.39, 0.29) is 17.1 Å². The number of pyridine rings is 1. The first-order chi connectivity index (χ1) is 14.6. The van der Waals surface area contributed by atoms with E-state index in [1.54, 1.807) is 6.07 Å². The number of allylic oxidation sites excluding steroid dienone is 3. The van der Waals surface area contributed by atoms with Gasteiger partial charge >= 0.3 is 0 Å². The van der Waals surface area contributed by atoms with Crippen molar-refractivity contribution in [2.75, 3.05) is 5.32 Å². The summed E-state index contributed by atoms with van der Waals surface area (Å²) in [7, 11) is 0. The number of nitrogens with one attached hydrogen (secondary N) is 2. The summed E-state index contributed by atoms with van der Waals surface area (Å²) in [5.74, 6) is -0.0252. The molecule has 0 bridgehead atoms. The van der Waals surface area contributed by atoms with Crippen molar-refractivity contribution in [2.45, 2.75) is 53.4 Å². The van der Waals surface area contributed by atoms with E-state index in [1.807, 2.05) is 57.2 Å². The van der Waals surface area contributed by atoms with Crippen LogP contribution in [0, 0.1) is 19.3 Å². The van der Waals surface area contributed by atoms with Crippen LogP contribution in [0.3, 0.4) is 0 Å². The van der Waals surface area contributed by atoms with Gasteiger partial charge in [-0.05, 0) is 50.3 Å². The topological polar surface area (TPSA) is 71.1 Å². The molecular formula is C26H29N3O2. The van der Waals surface area contributed by atoms with Crippen molar-refractivity contribution >= 4 is 17.5 Å². The Balaban J connectivity index is 1.80. The predicted molar refractivity (Wildman–Crippen MR) is 122 cm³/mol. The maximum absolute atomic E-state index is 13.5.